The molecule has 37 heavy (non-hydrogen) atoms. The van der Waals surface area contributed by atoms with Crippen LogP contribution in [0.15, 0.2) is 30.3 Å². The summed E-state index contributed by atoms with van der Waals surface area (Å²) in [6, 6.07) is 10.2. The summed E-state index contributed by atoms with van der Waals surface area (Å²) in [6.45, 7) is 7.64. The van der Waals surface area contributed by atoms with E-state index < -0.39 is 12.1 Å². The molecule has 2 aliphatic rings. The summed E-state index contributed by atoms with van der Waals surface area (Å²) in [7, 11) is 0. The number of aromatic nitrogens is 3. The van der Waals surface area contributed by atoms with Crippen LogP contribution < -0.4 is 15.4 Å². The van der Waals surface area contributed by atoms with E-state index in [0.29, 0.717) is 25.5 Å². The Hall–Kier alpha value is -2.97. The van der Waals surface area contributed by atoms with Crippen LogP contribution in [0, 0.1) is 19.8 Å². The molecule has 1 aliphatic carbocycles. The summed E-state index contributed by atoms with van der Waals surface area (Å²) < 4.78 is 8.10. The molecule has 5 rings (SSSR count). The van der Waals surface area contributed by atoms with Gasteiger partial charge in [-0.15, -0.1) is 0 Å². The summed E-state index contributed by atoms with van der Waals surface area (Å²) in [5.41, 5.74) is 6.59. The van der Waals surface area contributed by atoms with E-state index in [1.54, 1.807) is 0 Å². The Morgan fingerprint density at radius 3 is 2.59 bits per heavy atom. The Kier molecular flexibility index (Phi) is 7.76. The molecule has 0 radical (unpaired) electrons. The van der Waals surface area contributed by atoms with Crippen LogP contribution in [0.5, 0.6) is 5.75 Å². The topological polar surface area (TPSA) is 101 Å². The van der Waals surface area contributed by atoms with Gasteiger partial charge in [-0.3, -0.25) is 4.79 Å². The zero-order chi connectivity index (χ0) is 25.9. The Morgan fingerprint density at radius 1 is 1.16 bits per heavy atom. The summed E-state index contributed by atoms with van der Waals surface area (Å²) in [5, 5.41) is 20.9. The Bertz CT molecular complexity index is 1230. The number of aliphatic hydroxyl groups excluding tert-OH is 1. The second-order valence-electron chi connectivity index (χ2n) is 10.7. The molecule has 1 aliphatic heterocycles. The van der Waals surface area contributed by atoms with Gasteiger partial charge in [0, 0.05) is 29.4 Å². The smallest absolute Gasteiger partial charge is 0.240 e. The molecule has 2 fully saturated rings. The number of aryl methyl sites for hydroxylation is 3. The van der Waals surface area contributed by atoms with Gasteiger partial charge in [-0.25, -0.2) is 9.50 Å². The maximum Gasteiger partial charge on any atom is 0.240 e. The average Bonchev–Trinajstić information content (AvgIpc) is 3.48. The van der Waals surface area contributed by atoms with Gasteiger partial charge in [0.2, 0.25) is 5.91 Å². The number of nitrogens with one attached hydrogen (secondary N) is 2. The first-order valence-corrected chi connectivity index (χ1v) is 13.7. The van der Waals surface area contributed by atoms with Crippen LogP contribution in [0.1, 0.15) is 67.2 Å². The van der Waals surface area contributed by atoms with Crippen molar-refractivity contribution in [1.29, 1.82) is 0 Å². The first kappa shape index (κ1) is 25.7. The number of fused-ring (bicyclic) bond motifs is 1. The number of amides is 1. The molecule has 1 amide bonds. The van der Waals surface area contributed by atoms with E-state index in [1.165, 1.54) is 11.1 Å². The molecule has 8 nitrogen and oxygen atoms in total. The lowest BCUT2D eigenvalue weighted by molar-refractivity contribution is -0.125. The molecule has 3 heterocycles. The molecule has 1 saturated carbocycles. The fourth-order valence-corrected chi connectivity index (χ4v) is 5.72. The molecular weight excluding hydrogens is 466 g/mol. The first-order valence-electron chi connectivity index (χ1n) is 13.7. The minimum Gasteiger partial charge on any atom is -0.493 e. The molecule has 2 aromatic heterocycles. The van der Waals surface area contributed by atoms with Gasteiger partial charge in [0.15, 0.2) is 5.65 Å². The molecule has 0 bridgehead atoms. The largest absolute Gasteiger partial charge is 0.493 e. The molecule has 1 saturated heterocycles. The van der Waals surface area contributed by atoms with Crippen LogP contribution in [0.4, 0.5) is 0 Å². The molecule has 3 aromatic rings. The standard InChI is InChI=1S/C29H39N5O3/c1-4-25-24(28-31-18(2)15-19(3)34(28)33-25)16-20-7-11-23(12-8-20)37-17-21-5-9-22(10-6-21)32-29(36)27-26(35)13-14-30-27/h7-8,11-12,15,21-22,26-27,30,35H,4-6,9-10,13-14,16-17H2,1-3H3,(H,32,36)/t21?,22?,26-,27+/m1/s1. The van der Waals surface area contributed by atoms with Gasteiger partial charge in [0.1, 0.15) is 11.8 Å². The van der Waals surface area contributed by atoms with Crippen molar-refractivity contribution in [2.75, 3.05) is 13.2 Å². The van der Waals surface area contributed by atoms with Crippen molar-refractivity contribution in [3.05, 3.63) is 58.5 Å². The lowest BCUT2D eigenvalue weighted by Crippen LogP contribution is -2.50. The van der Waals surface area contributed by atoms with E-state index >= 15 is 0 Å². The number of benzene rings is 1. The number of aliphatic hydroxyl groups is 1. The first-order chi connectivity index (χ1) is 17.9. The van der Waals surface area contributed by atoms with Crippen LogP contribution in [-0.2, 0) is 17.6 Å². The minimum atomic E-state index is -0.575. The lowest BCUT2D eigenvalue weighted by Gasteiger charge is -2.30. The molecule has 8 heteroatoms. The van der Waals surface area contributed by atoms with Gasteiger partial charge >= 0.3 is 0 Å². The molecule has 3 N–H and O–H groups in total. The number of carbonyl (C=O) groups excluding carboxylic acids is 1. The van der Waals surface area contributed by atoms with Gasteiger partial charge in [0.05, 0.1) is 18.4 Å². The molecule has 0 spiro atoms. The van der Waals surface area contributed by atoms with Crippen molar-refractivity contribution in [3.8, 4) is 5.75 Å². The maximum atomic E-state index is 12.4. The molecule has 0 unspecified atom stereocenters. The zero-order valence-corrected chi connectivity index (χ0v) is 22.2. The lowest BCUT2D eigenvalue weighted by atomic mass is 9.86. The second kappa shape index (κ2) is 11.2. The fraction of sp³-hybridized carbons (Fsp3) is 0.552. The predicted octanol–water partition coefficient (Wildman–Crippen LogP) is 3.28. The third kappa shape index (κ3) is 5.80. The normalized spacial score (nSPS) is 23.9. The highest BCUT2D eigenvalue weighted by molar-refractivity contribution is 5.83. The Labute approximate surface area is 218 Å². The van der Waals surface area contributed by atoms with Gasteiger partial charge in [-0.2, -0.15) is 5.10 Å². The summed E-state index contributed by atoms with van der Waals surface area (Å²) in [6.07, 6.45) is 5.71. The van der Waals surface area contributed by atoms with Crippen molar-refractivity contribution in [3.63, 3.8) is 0 Å². The highest BCUT2D eigenvalue weighted by Gasteiger charge is 2.33. The number of hydrogen-bond acceptors (Lipinski definition) is 6. The molecule has 1 aromatic carbocycles. The van der Waals surface area contributed by atoms with E-state index in [1.807, 2.05) is 11.4 Å². The van der Waals surface area contributed by atoms with Crippen molar-refractivity contribution in [2.45, 2.75) is 83.9 Å². The Morgan fingerprint density at radius 2 is 1.92 bits per heavy atom. The monoisotopic (exact) mass is 505 g/mol. The van der Waals surface area contributed by atoms with Gasteiger partial charge in [-0.05, 0) is 88.6 Å². The van der Waals surface area contributed by atoms with Crippen LogP contribution >= 0.6 is 0 Å². The summed E-state index contributed by atoms with van der Waals surface area (Å²) in [4.78, 5) is 17.2. The minimum absolute atomic E-state index is 0.0685. The molecule has 198 valence electrons. The average molecular weight is 506 g/mol. The number of hydrogen-bond donors (Lipinski definition) is 3. The quantitative estimate of drug-likeness (QED) is 0.434. The number of ether oxygens (including phenoxy) is 1. The van der Waals surface area contributed by atoms with E-state index in [-0.39, 0.29) is 11.9 Å². The van der Waals surface area contributed by atoms with E-state index in [9.17, 15) is 9.90 Å². The zero-order valence-electron chi connectivity index (χ0n) is 22.2. The Balaban J connectivity index is 1.12. The van der Waals surface area contributed by atoms with Crippen LogP contribution in [0.25, 0.3) is 5.65 Å². The van der Waals surface area contributed by atoms with Crippen molar-refractivity contribution < 1.29 is 14.6 Å². The van der Waals surface area contributed by atoms with Gasteiger partial charge in [-0.1, -0.05) is 19.1 Å². The maximum absolute atomic E-state index is 12.4. The highest BCUT2D eigenvalue weighted by atomic mass is 16.5. The highest BCUT2D eigenvalue weighted by Crippen LogP contribution is 2.27. The van der Waals surface area contributed by atoms with E-state index in [0.717, 1.165) is 67.0 Å². The molecular formula is C29H39N5O3. The predicted molar refractivity (Wildman–Crippen MR) is 143 cm³/mol. The van der Waals surface area contributed by atoms with Crippen molar-refractivity contribution in [1.82, 2.24) is 25.2 Å². The van der Waals surface area contributed by atoms with Crippen molar-refractivity contribution >= 4 is 11.6 Å². The molecule has 2 atom stereocenters. The number of nitrogens with zero attached hydrogens (tertiary/aromatic N) is 3. The fourth-order valence-electron chi connectivity index (χ4n) is 5.72. The third-order valence-electron chi connectivity index (χ3n) is 7.86. The van der Waals surface area contributed by atoms with Gasteiger partial charge in [0.25, 0.3) is 0 Å². The third-order valence-corrected chi connectivity index (χ3v) is 7.86. The van der Waals surface area contributed by atoms with Gasteiger partial charge < -0.3 is 20.5 Å². The second-order valence-corrected chi connectivity index (χ2v) is 10.7. The van der Waals surface area contributed by atoms with Crippen molar-refractivity contribution in [2.24, 2.45) is 5.92 Å². The SMILES string of the molecule is CCc1nn2c(C)cc(C)nc2c1Cc1ccc(OCC2CCC(NC(=O)[C@H]3NCC[C@H]3O)CC2)cc1. The van der Waals surface area contributed by atoms with E-state index in [4.69, 9.17) is 14.8 Å². The summed E-state index contributed by atoms with van der Waals surface area (Å²) in [5.74, 6) is 1.31. The number of carbonyl (C=O) groups is 1. The van der Waals surface area contributed by atoms with E-state index in [2.05, 4.69) is 54.8 Å². The summed E-state index contributed by atoms with van der Waals surface area (Å²) >= 11 is 0. The van der Waals surface area contributed by atoms with Crippen LogP contribution in [-0.4, -0.2) is 57.0 Å². The van der Waals surface area contributed by atoms with Crippen LogP contribution in [0.3, 0.4) is 0 Å². The van der Waals surface area contributed by atoms with Crippen LogP contribution in [0.2, 0.25) is 0 Å². The number of rotatable bonds is 8.